The molecule has 0 aliphatic carbocycles. The number of halogens is 2. The first-order chi connectivity index (χ1) is 14.0. The normalized spacial score (nSPS) is 14.9. The van der Waals surface area contributed by atoms with Gasteiger partial charge in [0.2, 0.25) is 5.91 Å². The minimum absolute atomic E-state index is 0.0892. The maximum atomic E-state index is 13.1. The van der Waals surface area contributed by atoms with Crippen molar-refractivity contribution in [3.05, 3.63) is 57.6 Å². The molecule has 4 nitrogen and oxygen atoms in total. The van der Waals surface area contributed by atoms with Gasteiger partial charge in [0, 0.05) is 37.2 Å². The molecule has 8 heteroatoms. The number of nitrogens with zero attached hydrogens (tertiary/aromatic N) is 3. The Morgan fingerprint density at radius 2 is 1.97 bits per heavy atom. The van der Waals surface area contributed by atoms with Crippen molar-refractivity contribution in [2.45, 2.75) is 25.3 Å². The second-order valence-corrected chi connectivity index (χ2v) is 9.70. The van der Waals surface area contributed by atoms with Gasteiger partial charge in [-0.15, -0.1) is 22.7 Å². The molecule has 1 aliphatic rings. The monoisotopic (exact) mass is 449 g/mol. The van der Waals surface area contributed by atoms with Crippen LogP contribution < -0.4 is 4.90 Å². The number of thiophene rings is 1. The number of anilines is 1. The van der Waals surface area contributed by atoms with Gasteiger partial charge in [-0.05, 0) is 49.2 Å². The highest BCUT2D eigenvalue weighted by Crippen LogP contribution is 2.33. The summed E-state index contributed by atoms with van der Waals surface area (Å²) in [6.07, 6.45) is 2.11. The van der Waals surface area contributed by atoms with Gasteiger partial charge in [-0.3, -0.25) is 4.79 Å². The van der Waals surface area contributed by atoms with Crippen LogP contribution in [-0.2, 0) is 11.2 Å². The molecule has 0 spiro atoms. The Kier molecular flexibility index (Phi) is 6.18. The summed E-state index contributed by atoms with van der Waals surface area (Å²) >= 11 is 9.03. The van der Waals surface area contributed by atoms with Crippen LogP contribution in [0.25, 0.3) is 9.88 Å². The number of amides is 1. The zero-order valence-electron chi connectivity index (χ0n) is 16.0. The third-order valence-electron chi connectivity index (χ3n) is 5.27. The minimum atomic E-state index is -0.221. The molecule has 4 rings (SSSR count). The molecule has 1 fully saturated rings. The van der Waals surface area contributed by atoms with Crippen LogP contribution in [0, 0.1) is 5.82 Å². The molecule has 1 aromatic carbocycles. The van der Waals surface area contributed by atoms with E-state index < -0.39 is 0 Å². The van der Waals surface area contributed by atoms with Gasteiger partial charge in [0.15, 0.2) is 0 Å². The Hall–Kier alpha value is -1.96. The third-order valence-corrected chi connectivity index (χ3v) is 7.56. The van der Waals surface area contributed by atoms with E-state index in [9.17, 15) is 9.18 Å². The first-order valence-corrected chi connectivity index (χ1v) is 11.5. The summed E-state index contributed by atoms with van der Waals surface area (Å²) in [5.41, 5.74) is 1.83. The van der Waals surface area contributed by atoms with Crippen LogP contribution in [0.2, 0.25) is 4.34 Å². The van der Waals surface area contributed by atoms with E-state index in [1.54, 1.807) is 11.3 Å². The summed E-state index contributed by atoms with van der Waals surface area (Å²) in [6, 6.07) is 10.6. The van der Waals surface area contributed by atoms with Crippen LogP contribution in [0.15, 0.2) is 41.8 Å². The SMILES string of the molecule is CN(C(=O)Cc1csc(-c2ccc(Cl)s2)n1)C1CCN(c2ccc(F)cc2)CC1. The molecule has 0 atom stereocenters. The van der Waals surface area contributed by atoms with Crippen LogP contribution in [0.5, 0.6) is 0 Å². The van der Waals surface area contributed by atoms with E-state index in [-0.39, 0.29) is 17.8 Å². The number of rotatable bonds is 5. The molecule has 3 aromatic rings. The summed E-state index contributed by atoms with van der Waals surface area (Å²) in [5.74, 6) is -0.132. The number of hydrogen-bond acceptors (Lipinski definition) is 5. The second kappa shape index (κ2) is 8.81. The Balaban J connectivity index is 1.32. The summed E-state index contributed by atoms with van der Waals surface area (Å²) in [4.78, 5) is 22.5. The number of thiazole rings is 1. The second-order valence-electron chi connectivity index (χ2n) is 7.12. The van der Waals surface area contributed by atoms with Crippen molar-refractivity contribution >= 4 is 45.9 Å². The van der Waals surface area contributed by atoms with Crippen LogP contribution in [0.3, 0.4) is 0 Å². The van der Waals surface area contributed by atoms with E-state index >= 15 is 0 Å². The lowest BCUT2D eigenvalue weighted by molar-refractivity contribution is -0.131. The van der Waals surface area contributed by atoms with Crippen molar-refractivity contribution in [3.63, 3.8) is 0 Å². The summed E-state index contributed by atoms with van der Waals surface area (Å²) in [7, 11) is 1.88. The molecule has 1 aliphatic heterocycles. The van der Waals surface area contributed by atoms with Crippen LogP contribution in [-0.4, -0.2) is 42.0 Å². The highest BCUT2D eigenvalue weighted by molar-refractivity contribution is 7.23. The van der Waals surface area contributed by atoms with Gasteiger partial charge in [-0.1, -0.05) is 11.6 Å². The van der Waals surface area contributed by atoms with Gasteiger partial charge in [0.25, 0.3) is 0 Å². The standard InChI is InChI=1S/C21H21ClFN3OS2/c1-25(16-8-10-26(11-9-16)17-4-2-14(23)3-5-17)20(27)12-15-13-28-21(24-15)18-6-7-19(22)29-18/h2-7,13,16H,8-12H2,1H3. The fraction of sp³-hybridized carbons (Fsp3) is 0.333. The van der Waals surface area contributed by atoms with Crippen molar-refractivity contribution in [3.8, 4) is 9.88 Å². The van der Waals surface area contributed by atoms with Gasteiger partial charge >= 0.3 is 0 Å². The van der Waals surface area contributed by atoms with Gasteiger partial charge in [-0.2, -0.15) is 0 Å². The van der Waals surface area contributed by atoms with Crippen molar-refractivity contribution < 1.29 is 9.18 Å². The molecule has 0 bridgehead atoms. The number of likely N-dealkylation sites (N-methyl/N-ethyl adjacent to an activating group) is 1. The number of aromatic nitrogens is 1. The fourth-order valence-electron chi connectivity index (χ4n) is 3.58. The van der Waals surface area contributed by atoms with Gasteiger partial charge in [-0.25, -0.2) is 9.37 Å². The largest absolute Gasteiger partial charge is 0.371 e. The maximum absolute atomic E-state index is 13.1. The highest BCUT2D eigenvalue weighted by atomic mass is 35.5. The first kappa shape index (κ1) is 20.3. The van der Waals surface area contributed by atoms with Crippen LogP contribution >= 0.6 is 34.3 Å². The lowest BCUT2D eigenvalue weighted by Crippen LogP contribution is -2.46. The molecule has 0 radical (unpaired) electrons. The van der Waals surface area contributed by atoms with E-state index in [2.05, 4.69) is 9.88 Å². The molecule has 1 amide bonds. The Labute approximate surface area is 182 Å². The minimum Gasteiger partial charge on any atom is -0.371 e. The zero-order valence-corrected chi connectivity index (χ0v) is 18.4. The average molecular weight is 450 g/mol. The number of carbonyl (C=O) groups excluding carboxylic acids is 1. The fourth-order valence-corrected chi connectivity index (χ4v) is 5.51. The Bertz CT molecular complexity index is 980. The summed E-state index contributed by atoms with van der Waals surface area (Å²) in [5, 5.41) is 2.85. The molecule has 152 valence electrons. The number of carbonyl (C=O) groups is 1. The maximum Gasteiger partial charge on any atom is 0.228 e. The van der Waals surface area contributed by atoms with Crippen molar-refractivity contribution in [1.29, 1.82) is 0 Å². The molecule has 0 unspecified atom stereocenters. The number of piperidine rings is 1. The highest BCUT2D eigenvalue weighted by Gasteiger charge is 2.26. The molecule has 2 aromatic heterocycles. The molecular formula is C21H21ClFN3OS2. The Morgan fingerprint density at radius 1 is 1.24 bits per heavy atom. The van der Waals surface area contributed by atoms with E-state index in [1.165, 1.54) is 23.5 Å². The van der Waals surface area contributed by atoms with Crippen molar-refractivity contribution in [2.24, 2.45) is 0 Å². The van der Waals surface area contributed by atoms with Crippen LogP contribution in [0.1, 0.15) is 18.5 Å². The lowest BCUT2D eigenvalue weighted by Gasteiger charge is -2.37. The van der Waals surface area contributed by atoms with E-state index in [4.69, 9.17) is 11.6 Å². The molecule has 1 saturated heterocycles. The topological polar surface area (TPSA) is 36.4 Å². The molecule has 3 heterocycles. The van der Waals surface area contributed by atoms with Crippen molar-refractivity contribution in [2.75, 3.05) is 25.0 Å². The van der Waals surface area contributed by atoms with Gasteiger partial charge in [0.1, 0.15) is 10.8 Å². The average Bonchev–Trinajstić information content (AvgIpc) is 3.37. The molecule has 0 saturated carbocycles. The predicted octanol–water partition coefficient (Wildman–Crippen LogP) is 5.33. The molecule has 29 heavy (non-hydrogen) atoms. The van der Waals surface area contributed by atoms with Gasteiger partial charge < -0.3 is 9.80 Å². The van der Waals surface area contributed by atoms with Crippen molar-refractivity contribution in [1.82, 2.24) is 9.88 Å². The molecule has 0 N–H and O–H groups in total. The van der Waals surface area contributed by atoms with Gasteiger partial charge in [0.05, 0.1) is 21.3 Å². The lowest BCUT2D eigenvalue weighted by atomic mass is 10.0. The summed E-state index contributed by atoms with van der Waals surface area (Å²) in [6.45, 7) is 1.71. The number of benzene rings is 1. The van der Waals surface area contributed by atoms with E-state index in [0.717, 1.165) is 51.5 Å². The number of hydrogen-bond donors (Lipinski definition) is 0. The van der Waals surface area contributed by atoms with E-state index in [1.807, 2.05) is 41.6 Å². The zero-order chi connectivity index (χ0) is 20.4. The Morgan fingerprint density at radius 3 is 2.62 bits per heavy atom. The van der Waals surface area contributed by atoms with E-state index in [0.29, 0.717) is 6.42 Å². The quantitative estimate of drug-likeness (QED) is 0.528. The predicted molar refractivity (Wildman–Crippen MR) is 119 cm³/mol. The first-order valence-electron chi connectivity index (χ1n) is 9.46. The van der Waals surface area contributed by atoms with Crippen LogP contribution in [0.4, 0.5) is 10.1 Å². The molecular weight excluding hydrogens is 429 g/mol. The summed E-state index contributed by atoms with van der Waals surface area (Å²) < 4.78 is 13.9. The smallest absolute Gasteiger partial charge is 0.228 e. The third kappa shape index (κ3) is 4.79.